The van der Waals surface area contributed by atoms with Gasteiger partial charge in [-0.15, -0.1) is 0 Å². The summed E-state index contributed by atoms with van der Waals surface area (Å²) in [6.07, 6.45) is -3.62. The normalized spacial score (nSPS) is 11.0. The third-order valence-corrected chi connectivity index (χ3v) is 3.02. The van der Waals surface area contributed by atoms with Crippen LogP contribution >= 0.6 is 0 Å². The Hall–Kier alpha value is -2.90. The van der Waals surface area contributed by atoms with E-state index in [1.165, 1.54) is 12.1 Å². The van der Waals surface area contributed by atoms with Crippen LogP contribution in [0.5, 0.6) is 0 Å². The van der Waals surface area contributed by atoms with E-state index in [9.17, 15) is 22.8 Å². The Kier molecular flexibility index (Phi) is 5.51. The summed E-state index contributed by atoms with van der Waals surface area (Å²) in [5.41, 5.74) is -0.742. The average Bonchev–Trinajstić information content (AvgIpc) is 2.53. The lowest BCUT2D eigenvalue weighted by molar-refractivity contribution is -0.137. The molecule has 2 amide bonds. The van der Waals surface area contributed by atoms with Crippen molar-refractivity contribution in [2.24, 2.45) is 0 Å². The molecule has 5 nitrogen and oxygen atoms in total. The van der Waals surface area contributed by atoms with Crippen molar-refractivity contribution < 1.29 is 22.8 Å². The number of amides is 2. The van der Waals surface area contributed by atoms with Crippen molar-refractivity contribution in [2.75, 3.05) is 5.32 Å². The number of carbonyl (C=O) groups excluding carboxylic acids is 2. The van der Waals surface area contributed by atoms with Gasteiger partial charge in [0, 0.05) is 6.20 Å². The molecule has 0 aliphatic heterocycles. The van der Waals surface area contributed by atoms with Crippen LogP contribution in [-0.2, 0) is 22.3 Å². The number of carbonyl (C=O) groups is 2. The fraction of sp³-hybridized carbons (Fsp3) is 0.188. The maximum absolute atomic E-state index is 12.8. The Morgan fingerprint density at radius 2 is 1.71 bits per heavy atom. The molecule has 0 saturated heterocycles. The van der Waals surface area contributed by atoms with Crippen molar-refractivity contribution in [3.05, 3.63) is 59.9 Å². The van der Waals surface area contributed by atoms with Gasteiger partial charge in [-0.25, -0.2) is 0 Å². The van der Waals surface area contributed by atoms with Crippen molar-refractivity contribution in [3.63, 3.8) is 0 Å². The van der Waals surface area contributed by atoms with Crippen LogP contribution in [0.4, 0.5) is 18.9 Å². The van der Waals surface area contributed by atoms with E-state index in [-0.39, 0.29) is 12.2 Å². The molecule has 2 aromatic rings. The summed E-state index contributed by atoms with van der Waals surface area (Å²) in [5, 5.41) is 4.59. The van der Waals surface area contributed by atoms with E-state index in [1.54, 1.807) is 24.4 Å². The number of rotatable bonds is 5. The molecule has 0 aliphatic carbocycles. The molecule has 0 radical (unpaired) electrons. The Morgan fingerprint density at radius 1 is 1.00 bits per heavy atom. The van der Waals surface area contributed by atoms with Gasteiger partial charge in [0.25, 0.3) is 0 Å². The lowest BCUT2D eigenvalue weighted by atomic mass is 10.1. The number of nitrogens with one attached hydrogen (secondary N) is 2. The van der Waals surface area contributed by atoms with Crippen LogP contribution in [0.3, 0.4) is 0 Å². The van der Waals surface area contributed by atoms with Crippen LogP contribution in [0.2, 0.25) is 0 Å². The topological polar surface area (TPSA) is 71.1 Å². The predicted molar refractivity (Wildman–Crippen MR) is 80.8 cm³/mol. The molecule has 2 rings (SSSR count). The fourth-order valence-corrected chi connectivity index (χ4v) is 1.93. The highest BCUT2D eigenvalue weighted by molar-refractivity contribution is 6.03. The number of aromatic nitrogens is 1. The van der Waals surface area contributed by atoms with Gasteiger partial charge in [0.2, 0.25) is 11.8 Å². The van der Waals surface area contributed by atoms with Gasteiger partial charge < -0.3 is 10.6 Å². The lowest BCUT2D eigenvalue weighted by Crippen LogP contribution is -2.28. The zero-order valence-corrected chi connectivity index (χ0v) is 12.4. The Balaban J connectivity index is 1.90. The smallest absolute Gasteiger partial charge is 0.350 e. The minimum atomic E-state index is -4.59. The highest BCUT2D eigenvalue weighted by Gasteiger charge is 2.33. The van der Waals surface area contributed by atoms with Gasteiger partial charge in [-0.3, -0.25) is 14.6 Å². The molecule has 24 heavy (non-hydrogen) atoms. The average molecular weight is 337 g/mol. The summed E-state index contributed by atoms with van der Waals surface area (Å²) < 4.78 is 38.5. The molecule has 0 aliphatic rings. The molecule has 1 aromatic carbocycles. The van der Waals surface area contributed by atoms with Gasteiger partial charge >= 0.3 is 6.18 Å². The lowest BCUT2D eigenvalue weighted by Gasteiger charge is -2.13. The number of para-hydroxylation sites is 1. The quantitative estimate of drug-likeness (QED) is 0.824. The van der Waals surface area contributed by atoms with E-state index in [0.29, 0.717) is 5.69 Å². The number of anilines is 1. The number of alkyl halides is 3. The van der Waals surface area contributed by atoms with Crippen LogP contribution in [0.1, 0.15) is 17.7 Å². The molecule has 0 unspecified atom stereocenters. The number of benzene rings is 1. The third kappa shape index (κ3) is 5.08. The second-order valence-electron chi connectivity index (χ2n) is 4.87. The van der Waals surface area contributed by atoms with Gasteiger partial charge in [-0.1, -0.05) is 18.2 Å². The van der Waals surface area contributed by atoms with Crippen LogP contribution in [0, 0.1) is 0 Å². The summed E-state index contributed by atoms with van der Waals surface area (Å²) in [6.45, 7) is 0.131. The van der Waals surface area contributed by atoms with Crippen molar-refractivity contribution in [1.29, 1.82) is 0 Å². The van der Waals surface area contributed by atoms with Crippen LogP contribution in [0.25, 0.3) is 0 Å². The van der Waals surface area contributed by atoms with E-state index in [0.717, 1.165) is 12.1 Å². The first-order valence-electron chi connectivity index (χ1n) is 6.99. The van der Waals surface area contributed by atoms with Crippen molar-refractivity contribution in [1.82, 2.24) is 10.3 Å². The third-order valence-electron chi connectivity index (χ3n) is 3.02. The second-order valence-corrected chi connectivity index (χ2v) is 4.87. The summed E-state index contributed by atoms with van der Waals surface area (Å²) in [6, 6.07) is 9.74. The number of halogens is 3. The molecule has 0 saturated carbocycles. The number of pyridine rings is 1. The van der Waals surface area contributed by atoms with E-state index >= 15 is 0 Å². The molecule has 0 atom stereocenters. The van der Waals surface area contributed by atoms with Crippen LogP contribution in [-0.4, -0.2) is 16.8 Å². The Bertz CT molecular complexity index is 718. The van der Waals surface area contributed by atoms with Crippen LogP contribution in [0.15, 0.2) is 48.7 Å². The molecule has 1 aromatic heterocycles. The van der Waals surface area contributed by atoms with E-state index in [1.807, 2.05) is 0 Å². The van der Waals surface area contributed by atoms with Gasteiger partial charge in [0.05, 0.1) is 23.5 Å². The summed E-state index contributed by atoms with van der Waals surface area (Å²) in [5.74, 6) is -1.44. The maximum Gasteiger partial charge on any atom is 0.418 e. The zero-order chi connectivity index (χ0) is 17.6. The molecule has 0 spiro atoms. The second kappa shape index (κ2) is 7.58. The molecule has 0 fully saturated rings. The first-order valence-corrected chi connectivity index (χ1v) is 6.99. The van der Waals surface area contributed by atoms with E-state index in [4.69, 9.17) is 0 Å². The largest absolute Gasteiger partial charge is 0.418 e. The molecular weight excluding hydrogens is 323 g/mol. The zero-order valence-electron chi connectivity index (χ0n) is 12.4. The summed E-state index contributed by atoms with van der Waals surface area (Å²) in [4.78, 5) is 27.4. The molecule has 126 valence electrons. The minimum absolute atomic E-state index is 0.131. The Labute approximate surface area is 135 Å². The standard InChI is InChI=1S/C16H14F3N3O2/c17-16(18,19)12-6-1-2-7-13(12)22-15(24)9-14(23)21-10-11-5-3-4-8-20-11/h1-8H,9-10H2,(H,21,23)(H,22,24). The molecule has 2 N–H and O–H groups in total. The molecular formula is C16H14F3N3O2. The molecule has 0 bridgehead atoms. The highest BCUT2D eigenvalue weighted by Crippen LogP contribution is 2.34. The maximum atomic E-state index is 12.8. The highest BCUT2D eigenvalue weighted by atomic mass is 19.4. The summed E-state index contributed by atoms with van der Waals surface area (Å²) >= 11 is 0. The van der Waals surface area contributed by atoms with E-state index in [2.05, 4.69) is 15.6 Å². The summed E-state index contributed by atoms with van der Waals surface area (Å²) in [7, 11) is 0. The number of hydrogen-bond donors (Lipinski definition) is 2. The first-order chi connectivity index (χ1) is 11.4. The van der Waals surface area contributed by atoms with Gasteiger partial charge in [-0.2, -0.15) is 13.2 Å². The molecule has 8 heteroatoms. The van der Waals surface area contributed by atoms with Crippen molar-refractivity contribution in [3.8, 4) is 0 Å². The van der Waals surface area contributed by atoms with Gasteiger partial charge in [-0.05, 0) is 24.3 Å². The SMILES string of the molecule is O=C(CC(=O)Nc1ccccc1C(F)(F)F)NCc1ccccn1. The molecule has 1 heterocycles. The minimum Gasteiger partial charge on any atom is -0.350 e. The van der Waals surface area contributed by atoms with Crippen LogP contribution < -0.4 is 10.6 Å². The predicted octanol–water partition coefficient (Wildman–Crippen LogP) is 2.75. The van der Waals surface area contributed by atoms with Crippen molar-refractivity contribution in [2.45, 2.75) is 19.1 Å². The number of nitrogens with zero attached hydrogens (tertiary/aromatic N) is 1. The monoisotopic (exact) mass is 337 g/mol. The van der Waals surface area contributed by atoms with Gasteiger partial charge in [0.15, 0.2) is 0 Å². The first kappa shape index (κ1) is 17.5. The fourth-order valence-electron chi connectivity index (χ4n) is 1.93. The van der Waals surface area contributed by atoms with E-state index < -0.39 is 30.0 Å². The number of hydrogen-bond acceptors (Lipinski definition) is 3. The van der Waals surface area contributed by atoms with Crippen molar-refractivity contribution >= 4 is 17.5 Å². The van der Waals surface area contributed by atoms with Gasteiger partial charge in [0.1, 0.15) is 6.42 Å². The Morgan fingerprint density at radius 3 is 2.38 bits per heavy atom.